The van der Waals surface area contributed by atoms with Crippen molar-refractivity contribution in [1.29, 1.82) is 0 Å². The topological polar surface area (TPSA) is 38.3 Å². The second kappa shape index (κ2) is 5.89. The van der Waals surface area contributed by atoms with Gasteiger partial charge in [0.2, 0.25) is 0 Å². The van der Waals surface area contributed by atoms with Gasteiger partial charge in [-0.25, -0.2) is 0 Å². The van der Waals surface area contributed by atoms with Crippen molar-refractivity contribution >= 4 is 40.3 Å². The zero-order valence-electron chi connectivity index (χ0n) is 11.5. The Morgan fingerprint density at radius 3 is 2.86 bits per heavy atom. The van der Waals surface area contributed by atoms with Gasteiger partial charge in [0.15, 0.2) is 0 Å². The van der Waals surface area contributed by atoms with Crippen LogP contribution in [0.1, 0.15) is 11.1 Å². The van der Waals surface area contributed by atoms with Crippen molar-refractivity contribution in [3.8, 4) is 5.75 Å². The summed E-state index contributed by atoms with van der Waals surface area (Å²) in [6.07, 6.45) is 1.89. The second-order valence-electron chi connectivity index (χ2n) is 4.91. The largest absolute Gasteiger partial charge is 0.488 e. The van der Waals surface area contributed by atoms with E-state index in [1.165, 1.54) is 0 Å². The Hall–Kier alpha value is -1.82. The highest BCUT2D eigenvalue weighted by Crippen LogP contribution is 2.26. The van der Waals surface area contributed by atoms with Crippen molar-refractivity contribution in [3.63, 3.8) is 0 Å². The summed E-state index contributed by atoms with van der Waals surface area (Å²) in [5.74, 6) is 0.702. The molecule has 0 fully saturated rings. The molecule has 1 aliphatic heterocycles. The first kappa shape index (κ1) is 14.1. The number of anilines is 1. The van der Waals surface area contributed by atoms with Gasteiger partial charge < -0.3 is 10.1 Å². The molecule has 1 N–H and O–H groups in total. The number of para-hydroxylation sites is 1. The SMILES string of the molecule is Cc1cc(I)ccc1NC(=O)C1=Cc2ccccc2OC1. The molecule has 0 spiro atoms. The molecule has 0 aromatic heterocycles. The van der Waals surface area contributed by atoms with E-state index in [0.29, 0.717) is 12.2 Å². The average Bonchev–Trinajstić information content (AvgIpc) is 2.49. The monoisotopic (exact) mass is 391 g/mol. The number of carbonyl (C=O) groups is 1. The van der Waals surface area contributed by atoms with Gasteiger partial charge in [-0.05, 0) is 65.4 Å². The Kier molecular flexibility index (Phi) is 3.96. The van der Waals surface area contributed by atoms with Crippen LogP contribution in [-0.2, 0) is 4.79 Å². The summed E-state index contributed by atoms with van der Waals surface area (Å²) in [7, 11) is 0. The van der Waals surface area contributed by atoms with Crippen molar-refractivity contribution < 1.29 is 9.53 Å². The number of amides is 1. The van der Waals surface area contributed by atoms with Crippen molar-refractivity contribution in [2.24, 2.45) is 0 Å². The number of fused-ring (bicyclic) bond motifs is 1. The number of hydrogen-bond donors (Lipinski definition) is 1. The predicted molar refractivity (Wildman–Crippen MR) is 92.4 cm³/mol. The molecule has 3 nitrogen and oxygen atoms in total. The highest BCUT2D eigenvalue weighted by atomic mass is 127. The van der Waals surface area contributed by atoms with E-state index >= 15 is 0 Å². The average molecular weight is 391 g/mol. The van der Waals surface area contributed by atoms with Crippen LogP contribution in [0.4, 0.5) is 5.69 Å². The molecule has 21 heavy (non-hydrogen) atoms. The van der Waals surface area contributed by atoms with Crippen LogP contribution in [0.2, 0.25) is 0 Å². The molecule has 0 radical (unpaired) electrons. The number of ether oxygens (including phenoxy) is 1. The number of halogens is 1. The van der Waals surface area contributed by atoms with Gasteiger partial charge in [0.05, 0.1) is 5.57 Å². The number of benzene rings is 2. The molecule has 0 saturated heterocycles. The highest BCUT2D eigenvalue weighted by molar-refractivity contribution is 14.1. The van der Waals surface area contributed by atoms with E-state index in [1.807, 2.05) is 55.5 Å². The summed E-state index contributed by atoms with van der Waals surface area (Å²) in [5.41, 5.74) is 3.45. The van der Waals surface area contributed by atoms with Crippen LogP contribution in [0.5, 0.6) is 5.75 Å². The first-order valence-corrected chi connectivity index (χ1v) is 7.71. The summed E-state index contributed by atoms with van der Waals surface area (Å²) in [6.45, 7) is 2.28. The van der Waals surface area contributed by atoms with E-state index in [2.05, 4.69) is 27.9 Å². The number of hydrogen-bond acceptors (Lipinski definition) is 2. The molecular formula is C17H14INO2. The maximum atomic E-state index is 12.4. The van der Waals surface area contributed by atoms with Crippen LogP contribution in [0.3, 0.4) is 0 Å². The minimum Gasteiger partial charge on any atom is -0.488 e. The first-order valence-electron chi connectivity index (χ1n) is 6.63. The van der Waals surface area contributed by atoms with Crippen LogP contribution in [0.15, 0.2) is 48.0 Å². The van der Waals surface area contributed by atoms with E-state index in [0.717, 1.165) is 26.1 Å². The lowest BCUT2D eigenvalue weighted by Gasteiger charge is -2.18. The minimum atomic E-state index is -0.117. The highest BCUT2D eigenvalue weighted by Gasteiger charge is 2.17. The lowest BCUT2D eigenvalue weighted by Crippen LogP contribution is -2.21. The van der Waals surface area contributed by atoms with Gasteiger partial charge >= 0.3 is 0 Å². The standard InChI is InChI=1S/C17H14INO2/c1-11-8-14(18)6-7-15(11)19-17(20)13-9-12-4-2-3-5-16(12)21-10-13/h2-9H,10H2,1H3,(H,19,20). The van der Waals surface area contributed by atoms with Crippen LogP contribution in [-0.4, -0.2) is 12.5 Å². The summed E-state index contributed by atoms with van der Waals surface area (Å²) in [5, 5.41) is 2.95. The maximum absolute atomic E-state index is 12.4. The van der Waals surface area contributed by atoms with E-state index < -0.39 is 0 Å². The van der Waals surface area contributed by atoms with Crippen LogP contribution in [0.25, 0.3) is 6.08 Å². The molecule has 0 unspecified atom stereocenters. The molecule has 1 aliphatic rings. The summed E-state index contributed by atoms with van der Waals surface area (Å²) in [6, 6.07) is 13.6. The fourth-order valence-corrected chi connectivity index (χ4v) is 2.86. The summed E-state index contributed by atoms with van der Waals surface area (Å²) < 4.78 is 6.76. The molecule has 0 atom stereocenters. The third-order valence-electron chi connectivity index (χ3n) is 3.36. The van der Waals surface area contributed by atoms with E-state index in [1.54, 1.807) is 0 Å². The fraction of sp³-hybridized carbons (Fsp3) is 0.118. The number of carbonyl (C=O) groups excluding carboxylic acids is 1. The van der Waals surface area contributed by atoms with Crippen LogP contribution in [0, 0.1) is 10.5 Å². The summed E-state index contributed by atoms with van der Waals surface area (Å²) >= 11 is 2.26. The van der Waals surface area contributed by atoms with E-state index in [9.17, 15) is 4.79 Å². The van der Waals surface area contributed by atoms with Crippen molar-refractivity contribution in [2.45, 2.75) is 6.92 Å². The van der Waals surface area contributed by atoms with Gasteiger partial charge in [0, 0.05) is 14.8 Å². The normalized spacial score (nSPS) is 13.0. The Balaban J connectivity index is 1.82. The molecular weight excluding hydrogens is 377 g/mol. The van der Waals surface area contributed by atoms with Gasteiger partial charge in [0.25, 0.3) is 5.91 Å². The van der Waals surface area contributed by atoms with Gasteiger partial charge in [-0.2, -0.15) is 0 Å². The van der Waals surface area contributed by atoms with Crippen molar-refractivity contribution in [2.75, 3.05) is 11.9 Å². The first-order chi connectivity index (χ1) is 10.1. The van der Waals surface area contributed by atoms with Gasteiger partial charge in [0.1, 0.15) is 12.4 Å². The zero-order valence-corrected chi connectivity index (χ0v) is 13.7. The van der Waals surface area contributed by atoms with Gasteiger partial charge in [-0.15, -0.1) is 0 Å². The molecule has 2 aromatic rings. The van der Waals surface area contributed by atoms with Gasteiger partial charge in [-0.1, -0.05) is 18.2 Å². The molecule has 4 heteroatoms. The number of rotatable bonds is 2. The Bertz CT molecular complexity index is 737. The second-order valence-corrected chi connectivity index (χ2v) is 6.16. The molecule has 0 saturated carbocycles. The lowest BCUT2D eigenvalue weighted by atomic mass is 10.1. The van der Waals surface area contributed by atoms with Gasteiger partial charge in [-0.3, -0.25) is 4.79 Å². The minimum absolute atomic E-state index is 0.117. The smallest absolute Gasteiger partial charge is 0.255 e. The Morgan fingerprint density at radius 2 is 2.05 bits per heavy atom. The number of nitrogens with one attached hydrogen (secondary N) is 1. The van der Waals surface area contributed by atoms with Crippen LogP contribution < -0.4 is 10.1 Å². The molecule has 2 aromatic carbocycles. The Morgan fingerprint density at radius 1 is 1.24 bits per heavy atom. The molecule has 3 rings (SSSR count). The molecule has 1 heterocycles. The Labute approximate surface area is 137 Å². The summed E-state index contributed by atoms with van der Waals surface area (Å²) in [4.78, 5) is 12.4. The zero-order chi connectivity index (χ0) is 14.8. The van der Waals surface area contributed by atoms with Crippen molar-refractivity contribution in [1.82, 2.24) is 0 Å². The lowest BCUT2D eigenvalue weighted by molar-refractivity contribution is -0.113. The molecule has 0 bridgehead atoms. The van der Waals surface area contributed by atoms with E-state index in [4.69, 9.17) is 4.74 Å². The van der Waals surface area contributed by atoms with Crippen LogP contribution >= 0.6 is 22.6 Å². The molecule has 106 valence electrons. The van der Waals surface area contributed by atoms with Crippen molar-refractivity contribution in [3.05, 3.63) is 62.7 Å². The quantitative estimate of drug-likeness (QED) is 0.786. The molecule has 0 aliphatic carbocycles. The third-order valence-corrected chi connectivity index (χ3v) is 4.03. The maximum Gasteiger partial charge on any atom is 0.255 e. The third kappa shape index (κ3) is 3.10. The number of aryl methyl sites for hydroxylation is 1. The molecule has 1 amide bonds. The van der Waals surface area contributed by atoms with E-state index in [-0.39, 0.29) is 5.91 Å². The predicted octanol–water partition coefficient (Wildman–Crippen LogP) is 4.01. The fourth-order valence-electron chi connectivity index (χ4n) is 2.22.